The van der Waals surface area contributed by atoms with E-state index in [1.54, 1.807) is 42.5 Å². The molecule has 1 aliphatic carbocycles. The van der Waals surface area contributed by atoms with Crippen LogP contribution < -0.4 is 5.73 Å². The number of rotatable bonds is 3. The largest absolute Gasteiger partial charge is 0.370 e. The molecule has 0 aromatic heterocycles. The van der Waals surface area contributed by atoms with Crippen LogP contribution in [0.25, 0.3) is 0 Å². The van der Waals surface area contributed by atoms with Crippen molar-refractivity contribution in [3.8, 4) is 0 Å². The lowest BCUT2D eigenvalue weighted by Crippen LogP contribution is -2.27. The summed E-state index contributed by atoms with van der Waals surface area (Å²) in [7, 11) is 0. The maximum atomic E-state index is 12.7. The van der Waals surface area contributed by atoms with Crippen molar-refractivity contribution < 1.29 is 14.4 Å². The third kappa shape index (κ3) is 2.46. The Hall–Kier alpha value is -2.75. The molecular weight excluding hydrogens is 290 g/mol. The minimum atomic E-state index is -0.499. The second-order valence-electron chi connectivity index (χ2n) is 6.49. The molecule has 0 fully saturated rings. The molecule has 0 unspecified atom stereocenters. The van der Waals surface area contributed by atoms with E-state index < -0.39 is 11.3 Å². The van der Waals surface area contributed by atoms with Crippen LogP contribution in [-0.4, -0.2) is 17.5 Å². The fourth-order valence-corrected chi connectivity index (χ4v) is 3.06. The van der Waals surface area contributed by atoms with Crippen LogP contribution in [0.15, 0.2) is 42.5 Å². The van der Waals surface area contributed by atoms with Crippen molar-refractivity contribution in [2.75, 3.05) is 0 Å². The van der Waals surface area contributed by atoms with Crippen LogP contribution in [0.2, 0.25) is 0 Å². The van der Waals surface area contributed by atoms with Crippen LogP contribution in [0.5, 0.6) is 0 Å². The number of benzene rings is 2. The summed E-state index contributed by atoms with van der Waals surface area (Å²) in [5, 5.41) is 0. The predicted octanol–water partition coefficient (Wildman–Crippen LogP) is 2.62. The van der Waals surface area contributed by atoms with Crippen molar-refractivity contribution in [2.45, 2.75) is 25.7 Å². The molecule has 1 amide bonds. The Morgan fingerprint density at radius 1 is 0.913 bits per heavy atom. The average molecular weight is 307 g/mol. The summed E-state index contributed by atoms with van der Waals surface area (Å²) in [5.74, 6) is -0.707. The highest BCUT2D eigenvalue weighted by Gasteiger charge is 2.31. The van der Waals surface area contributed by atoms with E-state index in [1.165, 1.54) is 0 Å². The lowest BCUT2D eigenvalue weighted by molar-refractivity contribution is -0.119. The number of primary amides is 1. The fraction of sp³-hybridized carbons (Fsp3) is 0.211. The van der Waals surface area contributed by atoms with Gasteiger partial charge in [0, 0.05) is 28.7 Å². The minimum absolute atomic E-state index is 0.144. The zero-order valence-electron chi connectivity index (χ0n) is 13.1. The molecule has 0 saturated carbocycles. The first kappa shape index (κ1) is 15.2. The molecule has 4 heteroatoms. The van der Waals surface area contributed by atoms with Crippen molar-refractivity contribution >= 4 is 17.5 Å². The molecule has 2 aromatic rings. The van der Waals surface area contributed by atoms with E-state index in [0.29, 0.717) is 22.3 Å². The number of nitrogens with two attached hydrogens (primary N) is 1. The highest BCUT2D eigenvalue weighted by molar-refractivity contribution is 6.28. The van der Waals surface area contributed by atoms with Crippen LogP contribution >= 0.6 is 0 Å². The highest BCUT2D eigenvalue weighted by Crippen LogP contribution is 2.33. The van der Waals surface area contributed by atoms with Gasteiger partial charge in [-0.25, -0.2) is 0 Å². The van der Waals surface area contributed by atoms with Crippen molar-refractivity contribution in [1.82, 2.24) is 0 Å². The number of ketones is 2. The Morgan fingerprint density at radius 3 is 2.00 bits per heavy atom. The van der Waals surface area contributed by atoms with Gasteiger partial charge < -0.3 is 5.73 Å². The molecule has 2 aromatic carbocycles. The van der Waals surface area contributed by atoms with E-state index in [1.807, 2.05) is 13.8 Å². The van der Waals surface area contributed by atoms with Crippen molar-refractivity contribution in [2.24, 2.45) is 5.73 Å². The molecular formula is C19H17NO3. The monoisotopic (exact) mass is 307 g/mol. The van der Waals surface area contributed by atoms with Crippen LogP contribution in [0, 0.1) is 0 Å². The average Bonchev–Trinajstić information content (AvgIpc) is 2.51. The predicted molar refractivity (Wildman–Crippen MR) is 86.6 cm³/mol. The molecule has 0 radical (unpaired) electrons. The lowest BCUT2D eigenvalue weighted by atomic mass is 9.77. The zero-order chi connectivity index (χ0) is 16.8. The topological polar surface area (TPSA) is 77.2 Å². The van der Waals surface area contributed by atoms with Crippen molar-refractivity contribution in [1.29, 1.82) is 0 Å². The van der Waals surface area contributed by atoms with E-state index in [9.17, 15) is 14.4 Å². The number of carbonyl (C=O) groups is 3. The Morgan fingerprint density at radius 2 is 1.43 bits per heavy atom. The number of hydrogen-bond acceptors (Lipinski definition) is 3. The van der Waals surface area contributed by atoms with Gasteiger partial charge in [-0.15, -0.1) is 0 Å². The molecule has 1 aliphatic rings. The summed E-state index contributed by atoms with van der Waals surface area (Å²) in [5.41, 5.74) is 7.29. The molecule has 3 rings (SSSR count). The molecule has 23 heavy (non-hydrogen) atoms. The molecule has 0 bridgehead atoms. The minimum Gasteiger partial charge on any atom is -0.370 e. The molecule has 0 aliphatic heterocycles. The fourth-order valence-electron chi connectivity index (χ4n) is 3.06. The molecule has 0 atom stereocenters. The molecule has 0 spiro atoms. The van der Waals surface area contributed by atoms with Crippen LogP contribution in [0.4, 0.5) is 0 Å². The molecule has 0 saturated heterocycles. The Labute approximate surface area is 134 Å². The van der Waals surface area contributed by atoms with E-state index in [-0.39, 0.29) is 18.0 Å². The van der Waals surface area contributed by atoms with E-state index in [4.69, 9.17) is 5.73 Å². The van der Waals surface area contributed by atoms with Gasteiger partial charge in [0.05, 0.1) is 0 Å². The number of hydrogen-bond donors (Lipinski definition) is 1. The first-order chi connectivity index (χ1) is 10.8. The third-order valence-electron chi connectivity index (χ3n) is 4.32. The zero-order valence-corrected chi connectivity index (χ0v) is 13.1. The first-order valence-electron chi connectivity index (χ1n) is 7.42. The molecule has 0 heterocycles. The normalized spacial score (nSPS) is 13.5. The Bertz CT molecular complexity index is 849. The second-order valence-corrected chi connectivity index (χ2v) is 6.49. The smallest absolute Gasteiger partial charge is 0.218 e. The van der Waals surface area contributed by atoms with Gasteiger partial charge in [-0.3, -0.25) is 14.4 Å². The van der Waals surface area contributed by atoms with Gasteiger partial charge in [0.15, 0.2) is 11.6 Å². The van der Waals surface area contributed by atoms with Gasteiger partial charge in [-0.2, -0.15) is 0 Å². The SMILES string of the molecule is CC(C)(CC(N)=O)c1ccc2c(c1)C(=O)c1ccccc1C2=O. The molecule has 116 valence electrons. The van der Waals surface area contributed by atoms with Gasteiger partial charge >= 0.3 is 0 Å². The van der Waals surface area contributed by atoms with Crippen LogP contribution in [-0.2, 0) is 10.2 Å². The van der Waals surface area contributed by atoms with E-state index >= 15 is 0 Å². The van der Waals surface area contributed by atoms with Crippen molar-refractivity contribution in [3.63, 3.8) is 0 Å². The first-order valence-corrected chi connectivity index (χ1v) is 7.42. The van der Waals surface area contributed by atoms with Gasteiger partial charge in [0.25, 0.3) is 0 Å². The van der Waals surface area contributed by atoms with Crippen molar-refractivity contribution in [3.05, 3.63) is 70.3 Å². The van der Waals surface area contributed by atoms with Gasteiger partial charge in [0.1, 0.15) is 0 Å². The van der Waals surface area contributed by atoms with Crippen LogP contribution in [0.3, 0.4) is 0 Å². The Balaban J connectivity index is 2.12. The summed E-state index contributed by atoms with van der Waals surface area (Å²) >= 11 is 0. The molecule has 2 N–H and O–H groups in total. The Kier molecular flexibility index (Phi) is 3.40. The maximum Gasteiger partial charge on any atom is 0.218 e. The van der Waals surface area contributed by atoms with Gasteiger partial charge in [0.2, 0.25) is 5.91 Å². The quantitative estimate of drug-likeness (QED) is 0.808. The van der Waals surface area contributed by atoms with Gasteiger partial charge in [-0.1, -0.05) is 44.2 Å². The van der Waals surface area contributed by atoms with Crippen LogP contribution in [0.1, 0.15) is 57.7 Å². The standard InChI is InChI=1S/C19H17NO3/c1-19(2,10-16(20)21)11-7-8-14-15(9-11)18(23)13-6-4-3-5-12(13)17(14)22/h3-9H,10H2,1-2H3,(H2,20,21). The van der Waals surface area contributed by atoms with E-state index in [2.05, 4.69) is 0 Å². The number of carbonyl (C=O) groups excluding carboxylic acids is 3. The number of fused-ring (bicyclic) bond motifs is 2. The highest BCUT2D eigenvalue weighted by atomic mass is 16.1. The summed E-state index contributed by atoms with van der Waals surface area (Å²) < 4.78 is 0. The summed E-state index contributed by atoms with van der Waals surface area (Å²) in [4.78, 5) is 36.5. The molecule has 4 nitrogen and oxygen atoms in total. The second kappa shape index (κ2) is 5.16. The number of amides is 1. The lowest BCUT2D eigenvalue weighted by Gasteiger charge is -2.26. The third-order valence-corrected chi connectivity index (χ3v) is 4.32. The van der Waals surface area contributed by atoms with Gasteiger partial charge in [-0.05, 0) is 23.1 Å². The summed E-state index contributed by atoms with van der Waals surface area (Å²) in [6.07, 6.45) is 0.171. The summed E-state index contributed by atoms with van der Waals surface area (Å²) in [6, 6.07) is 12.0. The van der Waals surface area contributed by atoms with E-state index in [0.717, 1.165) is 5.56 Å². The maximum absolute atomic E-state index is 12.7. The summed E-state index contributed by atoms with van der Waals surface area (Å²) in [6.45, 7) is 3.78.